The van der Waals surface area contributed by atoms with Crippen LogP contribution in [0.2, 0.25) is 0 Å². The van der Waals surface area contributed by atoms with Crippen molar-refractivity contribution in [2.45, 2.75) is 38.3 Å². The molecule has 2 aromatic rings. The average Bonchev–Trinajstić information content (AvgIpc) is 3.03. The smallest absolute Gasteiger partial charge is 0.418 e. The fourth-order valence-corrected chi connectivity index (χ4v) is 3.23. The Hall–Kier alpha value is -2.53. The minimum absolute atomic E-state index is 0.0485. The van der Waals surface area contributed by atoms with Crippen LogP contribution in [-0.2, 0) is 6.18 Å². The molecule has 29 heavy (non-hydrogen) atoms. The maximum absolute atomic E-state index is 13.5. The largest absolute Gasteiger partial charge is 0.435 e. The molecule has 0 radical (unpaired) electrons. The fourth-order valence-electron chi connectivity index (χ4n) is 3.23. The molecule has 1 saturated heterocycles. The molecule has 0 spiro atoms. The number of hydrogen-bond donors (Lipinski definition) is 3. The first-order valence-corrected chi connectivity index (χ1v) is 8.71. The lowest BCUT2D eigenvalue weighted by atomic mass is 10.0. The molecule has 3 rings (SSSR count). The Morgan fingerprint density at radius 2 is 2.10 bits per heavy atom. The molecule has 0 aliphatic carbocycles. The number of halogens is 5. The number of rotatable bonds is 5. The summed E-state index contributed by atoms with van der Waals surface area (Å²) in [6.07, 6.45) is -4.97. The van der Waals surface area contributed by atoms with Crippen LogP contribution in [0.1, 0.15) is 28.0 Å². The summed E-state index contributed by atoms with van der Waals surface area (Å²) in [4.78, 5) is 16.2. The van der Waals surface area contributed by atoms with E-state index in [-0.39, 0.29) is 29.2 Å². The molecule has 2 atom stereocenters. The molecule has 1 fully saturated rings. The number of nitrogens with zero attached hydrogens (tertiary/aromatic N) is 1. The van der Waals surface area contributed by atoms with Gasteiger partial charge in [0.15, 0.2) is 0 Å². The zero-order valence-corrected chi connectivity index (χ0v) is 15.2. The van der Waals surface area contributed by atoms with Gasteiger partial charge in [-0.05, 0) is 37.1 Å². The Morgan fingerprint density at radius 1 is 1.38 bits per heavy atom. The van der Waals surface area contributed by atoms with Gasteiger partial charge in [-0.25, -0.2) is 4.98 Å². The number of benzene rings is 1. The van der Waals surface area contributed by atoms with E-state index in [2.05, 4.69) is 20.4 Å². The van der Waals surface area contributed by atoms with Gasteiger partial charge in [-0.1, -0.05) is 0 Å². The molecule has 1 aliphatic rings. The molecule has 0 saturated carbocycles. The summed E-state index contributed by atoms with van der Waals surface area (Å²) in [6.45, 7) is -1.27. The summed E-state index contributed by atoms with van der Waals surface area (Å²) in [7, 11) is 0. The summed E-state index contributed by atoms with van der Waals surface area (Å²) in [5.74, 6) is -1.33. The van der Waals surface area contributed by atoms with Crippen LogP contribution in [0.4, 0.5) is 22.0 Å². The van der Waals surface area contributed by atoms with Crippen molar-refractivity contribution in [3.05, 3.63) is 35.0 Å². The van der Waals surface area contributed by atoms with Gasteiger partial charge in [-0.3, -0.25) is 4.79 Å². The van der Waals surface area contributed by atoms with Gasteiger partial charge in [0, 0.05) is 24.5 Å². The predicted molar refractivity (Wildman–Crippen MR) is 92.9 cm³/mol. The number of nitrogens with one attached hydrogen (secondary N) is 2. The third-order valence-electron chi connectivity index (χ3n) is 4.56. The first-order valence-electron chi connectivity index (χ1n) is 8.71. The van der Waals surface area contributed by atoms with Crippen LogP contribution < -0.4 is 15.4 Å². The summed E-state index contributed by atoms with van der Waals surface area (Å²) in [5, 5.41) is 15.0. The van der Waals surface area contributed by atoms with Crippen molar-refractivity contribution in [2.24, 2.45) is 0 Å². The van der Waals surface area contributed by atoms with Crippen molar-refractivity contribution < 1.29 is 36.6 Å². The second-order valence-corrected chi connectivity index (χ2v) is 6.77. The minimum atomic E-state index is -4.89. The van der Waals surface area contributed by atoms with Crippen LogP contribution in [0.25, 0.3) is 10.9 Å². The third kappa shape index (κ3) is 4.91. The van der Waals surface area contributed by atoms with Crippen molar-refractivity contribution in [3.63, 3.8) is 0 Å². The zero-order valence-electron chi connectivity index (χ0n) is 15.2. The Balaban J connectivity index is 1.95. The summed E-state index contributed by atoms with van der Waals surface area (Å²) in [6, 6.07) is 2.59. The normalized spacial score (nSPS) is 19.7. The van der Waals surface area contributed by atoms with E-state index in [4.69, 9.17) is 0 Å². The number of carbonyl (C=O) groups excluding carboxylic acids is 1. The van der Waals surface area contributed by atoms with Gasteiger partial charge >= 0.3 is 12.8 Å². The Labute approximate surface area is 162 Å². The quantitative estimate of drug-likeness (QED) is 0.649. The highest BCUT2D eigenvalue weighted by Crippen LogP contribution is 2.38. The molecule has 0 bridgehead atoms. The van der Waals surface area contributed by atoms with Gasteiger partial charge in [0.2, 0.25) is 0 Å². The molecule has 3 N–H and O–H groups in total. The van der Waals surface area contributed by atoms with Crippen LogP contribution in [-0.4, -0.2) is 47.8 Å². The van der Waals surface area contributed by atoms with E-state index in [1.807, 2.05) is 0 Å². The molecule has 1 aliphatic heterocycles. The number of alkyl halides is 5. The van der Waals surface area contributed by atoms with E-state index >= 15 is 0 Å². The standard InChI is InChI=1S/C18H18F5N3O3/c1-8-2-14(16(28)25-6-9-3-10(27)7-24-9)26-15-12(8)4-11(29-17(19)20)5-13(15)18(21,22)23/h2,4-5,9-10,17,24,27H,3,6-7H2,1H3,(H,25,28)/t9-,10?/m0/s1. The van der Waals surface area contributed by atoms with Gasteiger partial charge in [0.05, 0.1) is 17.2 Å². The number of ether oxygens (including phenoxy) is 1. The molecular weight excluding hydrogens is 401 g/mol. The van der Waals surface area contributed by atoms with Crippen molar-refractivity contribution in [1.29, 1.82) is 0 Å². The second kappa shape index (κ2) is 8.07. The maximum Gasteiger partial charge on any atom is 0.418 e. The number of aliphatic hydroxyl groups is 1. The van der Waals surface area contributed by atoms with Crippen LogP contribution in [0.5, 0.6) is 5.75 Å². The van der Waals surface area contributed by atoms with E-state index in [0.717, 1.165) is 6.07 Å². The van der Waals surface area contributed by atoms with E-state index in [9.17, 15) is 31.9 Å². The van der Waals surface area contributed by atoms with E-state index in [0.29, 0.717) is 19.0 Å². The number of aromatic nitrogens is 1. The highest BCUT2D eigenvalue weighted by Gasteiger charge is 2.35. The van der Waals surface area contributed by atoms with Gasteiger partial charge < -0.3 is 20.5 Å². The number of aliphatic hydroxyl groups excluding tert-OH is 1. The highest BCUT2D eigenvalue weighted by atomic mass is 19.4. The lowest BCUT2D eigenvalue weighted by Gasteiger charge is -2.16. The van der Waals surface area contributed by atoms with E-state index < -0.39 is 41.6 Å². The molecule has 1 aromatic heterocycles. The van der Waals surface area contributed by atoms with Crippen molar-refractivity contribution in [1.82, 2.24) is 15.6 Å². The first kappa shape index (κ1) is 21.2. The lowest BCUT2D eigenvalue weighted by Crippen LogP contribution is -2.37. The molecule has 2 heterocycles. The number of hydrogen-bond acceptors (Lipinski definition) is 5. The summed E-state index contributed by atoms with van der Waals surface area (Å²) >= 11 is 0. The SMILES string of the molecule is Cc1cc(C(=O)NC[C@@H]2CC(O)CN2)nc2c(C(F)(F)F)cc(OC(F)F)cc12. The van der Waals surface area contributed by atoms with Crippen molar-refractivity contribution >= 4 is 16.8 Å². The van der Waals surface area contributed by atoms with Crippen LogP contribution in [0.3, 0.4) is 0 Å². The number of amides is 1. The van der Waals surface area contributed by atoms with Crippen molar-refractivity contribution in [2.75, 3.05) is 13.1 Å². The molecule has 1 amide bonds. The average molecular weight is 419 g/mol. The number of fused-ring (bicyclic) bond motifs is 1. The van der Waals surface area contributed by atoms with Gasteiger partial charge in [-0.2, -0.15) is 22.0 Å². The lowest BCUT2D eigenvalue weighted by molar-refractivity contribution is -0.136. The molecule has 6 nitrogen and oxygen atoms in total. The third-order valence-corrected chi connectivity index (χ3v) is 4.56. The number of pyridine rings is 1. The number of β-amino-alcohol motifs (C(OH)–C–C–N with tert-alkyl or cyclic N) is 1. The summed E-state index contributed by atoms with van der Waals surface area (Å²) < 4.78 is 69.5. The van der Waals surface area contributed by atoms with Crippen LogP contribution >= 0.6 is 0 Å². The van der Waals surface area contributed by atoms with E-state index in [1.165, 1.54) is 13.0 Å². The minimum Gasteiger partial charge on any atom is -0.435 e. The van der Waals surface area contributed by atoms with Crippen LogP contribution in [0, 0.1) is 6.92 Å². The topological polar surface area (TPSA) is 83.5 Å². The first-order chi connectivity index (χ1) is 13.5. The Kier molecular flexibility index (Phi) is 5.90. The van der Waals surface area contributed by atoms with Gasteiger partial charge in [0.25, 0.3) is 5.91 Å². The fraction of sp³-hybridized carbons (Fsp3) is 0.444. The zero-order chi connectivity index (χ0) is 21.3. The molecular formula is C18H18F5N3O3. The molecule has 1 unspecified atom stereocenters. The second-order valence-electron chi connectivity index (χ2n) is 6.77. The molecule has 1 aromatic carbocycles. The molecule has 11 heteroatoms. The Bertz CT molecular complexity index is 920. The highest BCUT2D eigenvalue weighted by molar-refractivity contribution is 5.97. The van der Waals surface area contributed by atoms with Crippen LogP contribution in [0.15, 0.2) is 18.2 Å². The van der Waals surface area contributed by atoms with Crippen molar-refractivity contribution in [3.8, 4) is 5.75 Å². The van der Waals surface area contributed by atoms with Gasteiger partial charge in [0.1, 0.15) is 11.4 Å². The number of aryl methyl sites for hydroxylation is 1. The molecule has 158 valence electrons. The predicted octanol–water partition coefficient (Wildman–Crippen LogP) is 2.62. The monoisotopic (exact) mass is 419 g/mol. The number of carbonyl (C=O) groups is 1. The summed E-state index contributed by atoms with van der Waals surface area (Å²) in [5.41, 5.74) is -1.79. The maximum atomic E-state index is 13.5. The Morgan fingerprint density at radius 3 is 2.69 bits per heavy atom. The van der Waals surface area contributed by atoms with Gasteiger partial charge in [-0.15, -0.1) is 0 Å². The van der Waals surface area contributed by atoms with E-state index in [1.54, 1.807) is 0 Å².